The van der Waals surface area contributed by atoms with Gasteiger partial charge in [-0.25, -0.2) is 13.2 Å². The van der Waals surface area contributed by atoms with E-state index >= 15 is 0 Å². The van der Waals surface area contributed by atoms with Crippen molar-refractivity contribution in [2.75, 3.05) is 6.61 Å². The van der Waals surface area contributed by atoms with Crippen molar-refractivity contribution in [1.29, 1.82) is 0 Å². The Bertz CT molecular complexity index is 421. The molecule has 0 bridgehead atoms. The molecule has 0 saturated heterocycles. The van der Waals surface area contributed by atoms with E-state index in [0.717, 1.165) is 0 Å². The summed E-state index contributed by atoms with van der Waals surface area (Å²) in [5.74, 6) is -1.64. The minimum Gasteiger partial charge on any atom is -0.466 e. The predicted molar refractivity (Wildman–Crippen MR) is 54.2 cm³/mol. The van der Waals surface area contributed by atoms with Gasteiger partial charge in [0.15, 0.2) is 5.82 Å². The van der Waals surface area contributed by atoms with E-state index in [-0.39, 0.29) is 24.3 Å². The molecule has 0 aliphatic heterocycles. The van der Waals surface area contributed by atoms with Crippen molar-refractivity contribution >= 4 is 5.97 Å². The maximum Gasteiger partial charge on any atom is 0.311 e. The Kier molecular flexibility index (Phi) is 4.48. The van der Waals surface area contributed by atoms with Crippen molar-refractivity contribution in [3.63, 3.8) is 0 Å². The van der Waals surface area contributed by atoms with Crippen molar-refractivity contribution in [1.82, 2.24) is 4.98 Å². The van der Waals surface area contributed by atoms with Crippen LogP contribution in [0.15, 0.2) is 6.20 Å². The first kappa shape index (κ1) is 13.5. The highest BCUT2D eigenvalue weighted by atomic mass is 19.3. The minimum atomic E-state index is -2.93. The number of rotatable bonds is 4. The topological polar surface area (TPSA) is 39.2 Å². The van der Waals surface area contributed by atoms with Crippen LogP contribution in [-0.2, 0) is 16.0 Å². The molecular formula is C11H12F3NO2. The molecule has 0 atom stereocenters. The number of carbonyl (C=O) groups excluding carboxylic acids is 1. The Hall–Kier alpha value is -1.59. The molecule has 0 saturated carbocycles. The molecule has 0 aliphatic rings. The van der Waals surface area contributed by atoms with E-state index in [4.69, 9.17) is 0 Å². The lowest BCUT2D eigenvalue weighted by Gasteiger charge is -2.10. The van der Waals surface area contributed by atoms with Gasteiger partial charge in [0, 0.05) is 0 Å². The Morgan fingerprint density at radius 3 is 2.71 bits per heavy atom. The first-order chi connectivity index (χ1) is 7.97. The van der Waals surface area contributed by atoms with Gasteiger partial charge in [0.1, 0.15) is 0 Å². The summed E-state index contributed by atoms with van der Waals surface area (Å²) in [6.07, 6.45) is -2.47. The van der Waals surface area contributed by atoms with Crippen LogP contribution in [0.5, 0.6) is 0 Å². The fraction of sp³-hybridized carbons (Fsp3) is 0.455. The van der Waals surface area contributed by atoms with Crippen LogP contribution in [0.1, 0.15) is 30.2 Å². The molecule has 3 nitrogen and oxygen atoms in total. The van der Waals surface area contributed by atoms with Crippen molar-refractivity contribution in [3.05, 3.63) is 28.8 Å². The Balaban J connectivity index is 3.02. The molecule has 1 rings (SSSR count). The van der Waals surface area contributed by atoms with Crippen molar-refractivity contribution in [2.24, 2.45) is 0 Å². The first-order valence-electron chi connectivity index (χ1n) is 5.05. The van der Waals surface area contributed by atoms with E-state index in [1.807, 2.05) is 0 Å². The molecule has 0 amide bonds. The van der Waals surface area contributed by atoms with Crippen LogP contribution in [0.25, 0.3) is 0 Å². The number of ether oxygens (including phenoxy) is 1. The molecule has 0 spiro atoms. The summed E-state index contributed by atoms with van der Waals surface area (Å²) >= 11 is 0. The second-order valence-electron chi connectivity index (χ2n) is 3.37. The fourth-order valence-corrected chi connectivity index (χ4v) is 1.43. The second kappa shape index (κ2) is 5.65. The number of hydrogen-bond donors (Lipinski definition) is 0. The third kappa shape index (κ3) is 3.18. The van der Waals surface area contributed by atoms with Gasteiger partial charge in [-0.2, -0.15) is 0 Å². The molecule has 17 heavy (non-hydrogen) atoms. The first-order valence-corrected chi connectivity index (χ1v) is 5.05. The lowest BCUT2D eigenvalue weighted by molar-refractivity contribution is -0.142. The third-order valence-electron chi connectivity index (χ3n) is 2.26. The van der Waals surface area contributed by atoms with Crippen molar-refractivity contribution < 1.29 is 22.7 Å². The number of halogens is 3. The maximum absolute atomic E-state index is 13.1. The van der Waals surface area contributed by atoms with Gasteiger partial charge in [-0.05, 0) is 19.4 Å². The fourth-order valence-electron chi connectivity index (χ4n) is 1.43. The highest BCUT2D eigenvalue weighted by Crippen LogP contribution is 2.26. The summed E-state index contributed by atoms with van der Waals surface area (Å²) in [7, 11) is 0. The number of aromatic nitrogens is 1. The maximum atomic E-state index is 13.1. The quantitative estimate of drug-likeness (QED) is 0.767. The summed E-state index contributed by atoms with van der Waals surface area (Å²) in [5, 5.41) is 0. The van der Waals surface area contributed by atoms with Crippen LogP contribution < -0.4 is 0 Å². The van der Waals surface area contributed by atoms with Crippen LogP contribution in [-0.4, -0.2) is 17.6 Å². The highest BCUT2D eigenvalue weighted by molar-refractivity contribution is 5.72. The zero-order valence-electron chi connectivity index (χ0n) is 9.47. The van der Waals surface area contributed by atoms with Crippen LogP contribution in [0.3, 0.4) is 0 Å². The van der Waals surface area contributed by atoms with Crippen LogP contribution in [0.2, 0.25) is 0 Å². The van der Waals surface area contributed by atoms with Gasteiger partial charge in [0.2, 0.25) is 0 Å². The van der Waals surface area contributed by atoms with Gasteiger partial charge in [-0.15, -0.1) is 0 Å². The molecule has 1 aromatic heterocycles. The van der Waals surface area contributed by atoms with Gasteiger partial charge in [-0.1, -0.05) is 0 Å². The average molecular weight is 247 g/mol. The summed E-state index contributed by atoms with van der Waals surface area (Å²) < 4.78 is 42.9. The standard InChI is InChI=1S/C11H12F3NO2/c1-3-17-9(16)4-8-6(2)10(11(13)14)7(12)5-15-8/h5,11H,3-4H2,1-2H3. The van der Waals surface area contributed by atoms with E-state index in [9.17, 15) is 18.0 Å². The Morgan fingerprint density at radius 1 is 1.53 bits per heavy atom. The third-order valence-corrected chi connectivity index (χ3v) is 2.26. The van der Waals surface area contributed by atoms with Gasteiger partial charge in [0.05, 0.1) is 30.5 Å². The van der Waals surface area contributed by atoms with E-state index in [2.05, 4.69) is 9.72 Å². The zero-order chi connectivity index (χ0) is 13.0. The molecule has 94 valence electrons. The van der Waals surface area contributed by atoms with E-state index in [1.165, 1.54) is 6.92 Å². The number of carbonyl (C=O) groups is 1. The van der Waals surface area contributed by atoms with Crippen LogP contribution in [0, 0.1) is 12.7 Å². The van der Waals surface area contributed by atoms with Gasteiger partial charge in [-0.3, -0.25) is 9.78 Å². The molecule has 0 N–H and O–H groups in total. The summed E-state index contributed by atoms with van der Waals surface area (Å²) in [6.45, 7) is 3.14. The number of nitrogens with zero attached hydrogens (tertiary/aromatic N) is 1. The van der Waals surface area contributed by atoms with Crippen LogP contribution >= 0.6 is 0 Å². The monoisotopic (exact) mass is 247 g/mol. The Morgan fingerprint density at radius 2 is 2.18 bits per heavy atom. The molecule has 0 aromatic carbocycles. The van der Waals surface area contributed by atoms with Crippen LogP contribution in [0.4, 0.5) is 13.2 Å². The summed E-state index contributed by atoms with van der Waals surface area (Å²) in [4.78, 5) is 14.8. The summed E-state index contributed by atoms with van der Waals surface area (Å²) in [5.41, 5.74) is -0.604. The predicted octanol–water partition coefficient (Wildman–Crippen LogP) is 2.57. The lowest BCUT2D eigenvalue weighted by Crippen LogP contribution is -2.12. The average Bonchev–Trinajstić information content (AvgIpc) is 2.22. The van der Waals surface area contributed by atoms with E-state index < -0.39 is 23.8 Å². The van der Waals surface area contributed by atoms with E-state index in [1.54, 1.807) is 6.92 Å². The molecule has 1 heterocycles. The lowest BCUT2D eigenvalue weighted by atomic mass is 10.1. The zero-order valence-corrected chi connectivity index (χ0v) is 9.47. The molecule has 0 radical (unpaired) electrons. The normalized spacial score (nSPS) is 10.7. The minimum absolute atomic E-state index is 0.00643. The number of hydrogen-bond acceptors (Lipinski definition) is 3. The number of alkyl halides is 2. The second-order valence-corrected chi connectivity index (χ2v) is 3.37. The van der Waals surface area contributed by atoms with Crippen molar-refractivity contribution in [2.45, 2.75) is 26.7 Å². The largest absolute Gasteiger partial charge is 0.466 e. The molecule has 1 aromatic rings. The van der Waals surface area contributed by atoms with Gasteiger partial charge < -0.3 is 4.74 Å². The SMILES string of the molecule is CCOC(=O)Cc1ncc(F)c(C(F)F)c1C. The Labute approximate surface area is 96.6 Å². The highest BCUT2D eigenvalue weighted by Gasteiger charge is 2.20. The molecule has 0 aliphatic carbocycles. The summed E-state index contributed by atoms with van der Waals surface area (Å²) in [6, 6.07) is 0. The number of pyridine rings is 1. The van der Waals surface area contributed by atoms with Gasteiger partial charge >= 0.3 is 5.97 Å². The molecule has 6 heteroatoms. The van der Waals surface area contributed by atoms with Crippen molar-refractivity contribution in [3.8, 4) is 0 Å². The number of esters is 1. The molecule has 0 unspecified atom stereocenters. The van der Waals surface area contributed by atoms with Gasteiger partial charge in [0.25, 0.3) is 6.43 Å². The molecular weight excluding hydrogens is 235 g/mol. The van der Waals surface area contributed by atoms with E-state index in [0.29, 0.717) is 6.20 Å². The smallest absolute Gasteiger partial charge is 0.311 e. The molecule has 0 fully saturated rings.